The molecule has 1 aliphatic carbocycles. The van der Waals surface area contributed by atoms with Gasteiger partial charge in [-0.3, -0.25) is 4.90 Å². The molecule has 1 unspecified atom stereocenters. The first kappa shape index (κ1) is 13.2. The predicted octanol–water partition coefficient (Wildman–Crippen LogP) is 2.17. The summed E-state index contributed by atoms with van der Waals surface area (Å²) in [6, 6.07) is -0.312. The third kappa shape index (κ3) is 3.04. The molecule has 1 N–H and O–H groups in total. The average molecular weight is 231 g/mol. The van der Waals surface area contributed by atoms with Crippen molar-refractivity contribution in [1.29, 1.82) is 0 Å². The molecule has 0 aromatic heterocycles. The lowest BCUT2D eigenvalue weighted by molar-refractivity contribution is -0.133. The summed E-state index contributed by atoms with van der Waals surface area (Å²) in [6.07, 6.45) is 8.64. The number of aliphatic carboxylic acids is 1. The van der Waals surface area contributed by atoms with Gasteiger partial charge in [-0.05, 0) is 11.6 Å². The fourth-order valence-corrected chi connectivity index (χ4v) is 1.89. The second-order valence-corrected chi connectivity index (χ2v) is 3.79. The van der Waals surface area contributed by atoms with Gasteiger partial charge in [0.05, 0.1) is 11.6 Å². The van der Waals surface area contributed by atoms with Gasteiger partial charge in [0.1, 0.15) is 0 Å². The summed E-state index contributed by atoms with van der Waals surface area (Å²) in [5, 5.41) is 9.19. The van der Waals surface area contributed by atoms with Gasteiger partial charge >= 0.3 is 5.97 Å². The molecule has 0 spiro atoms. The minimum Gasteiger partial charge on any atom is -0.478 e. The first-order valence-electron chi connectivity index (χ1n) is 5.38. The van der Waals surface area contributed by atoms with Crippen molar-refractivity contribution in [3.63, 3.8) is 0 Å². The van der Waals surface area contributed by atoms with Gasteiger partial charge in [0, 0.05) is 13.1 Å². The molecule has 90 valence electrons. The van der Waals surface area contributed by atoms with Crippen LogP contribution in [-0.4, -0.2) is 35.1 Å². The molecule has 0 heterocycles. The zero-order valence-electron chi connectivity index (χ0n) is 9.80. The summed E-state index contributed by atoms with van der Waals surface area (Å²) in [5.41, 5.74) is 1.11. The number of carbonyl (C=O) groups is 1. The maximum absolute atomic E-state index is 11.2. The van der Waals surface area contributed by atoms with Crippen LogP contribution in [0.15, 0.2) is 61.3 Å². The van der Waals surface area contributed by atoms with Crippen LogP contribution >= 0.6 is 0 Å². The van der Waals surface area contributed by atoms with E-state index < -0.39 is 5.97 Å². The van der Waals surface area contributed by atoms with Gasteiger partial charge in [0.15, 0.2) is 0 Å². The number of carboxylic acids is 1. The van der Waals surface area contributed by atoms with E-state index in [4.69, 9.17) is 0 Å². The molecule has 0 radical (unpaired) electrons. The van der Waals surface area contributed by atoms with Crippen LogP contribution in [0.4, 0.5) is 0 Å². The second kappa shape index (κ2) is 6.01. The van der Waals surface area contributed by atoms with E-state index in [9.17, 15) is 9.90 Å². The van der Waals surface area contributed by atoms with Crippen molar-refractivity contribution in [3.8, 4) is 0 Å². The van der Waals surface area contributed by atoms with Crippen LogP contribution in [0, 0.1) is 0 Å². The van der Waals surface area contributed by atoms with E-state index in [1.165, 1.54) is 0 Å². The minimum absolute atomic E-state index is 0.312. The van der Waals surface area contributed by atoms with E-state index in [1.54, 1.807) is 24.3 Å². The molecule has 0 saturated carbocycles. The number of nitrogens with zero attached hydrogens (tertiary/aromatic N) is 1. The topological polar surface area (TPSA) is 40.5 Å². The van der Waals surface area contributed by atoms with Gasteiger partial charge in [-0.1, -0.05) is 30.9 Å². The Labute approximate surface area is 102 Å². The molecule has 3 nitrogen and oxygen atoms in total. The Morgan fingerprint density at radius 1 is 1.41 bits per heavy atom. The standard InChI is InChI=1S/C14H17NO2/c1-4-9-15(10-5-2)13-11(3)7-6-8-12(13)14(16)17/h4-8,13H,1-3,9-10H2,(H,16,17). The number of hydrogen-bond acceptors (Lipinski definition) is 2. The first-order valence-corrected chi connectivity index (χ1v) is 5.38. The smallest absolute Gasteiger partial charge is 0.333 e. The Bertz CT molecular complexity index is 394. The van der Waals surface area contributed by atoms with Gasteiger partial charge in [-0.15, -0.1) is 13.2 Å². The third-order valence-corrected chi connectivity index (χ3v) is 2.57. The lowest BCUT2D eigenvalue weighted by atomic mass is 9.93. The number of carboxylic acid groups (broad SMARTS) is 1. The van der Waals surface area contributed by atoms with Gasteiger partial charge in [-0.2, -0.15) is 0 Å². The van der Waals surface area contributed by atoms with E-state index in [0.29, 0.717) is 18.7 Å². The Hall–Kier alpha value is -1.87. The van der Waals surface area contributed by atoms with E-state index in [0.717, 1.165) is 5.57 Å². The largest absolute Gasteiger partial charge is 0.478 e. The van der Waals surface area contributed by atoms with Crippen LogP contribution in [0.3, 0.4) is 0 Å². The molecule has 0 saturated heterocycles. The molecule has 1 atom stereocenters. The van der Waals surface area contributed by atoms with Crippen molar-refractivity contribution >= 4 is 5.97 Å². The summed E-state index contributed by atoms with van der Waals surface area (Å²) in [6.45, 7) is 12.5. The molecule has 3 heteroatoms. The first-order chi connectivity index (χ1) is 8.11. The van der Waals surface area contributed by atoms with Crippen LogP contribution in [0.5, 0.6) is 0 Å². The van der Waals surface area contributed by atoms with Crippen LogP contribution in [0.25, 0.3) is 0 Å². The average Bonchev–Trinajstić information content (AvgIpc) is 2.28. The Morgan fingerprint density at radius 3 is 2.47 bits per heavy atom. The van der Waals surface area contributed by atoms with Crippen molar-refractivity contribution < 1.29 is 9.90 Å². The maximum atomic E-state index is 11.2. The minimum atomic E-state index is -0.918. The fraction of sp³-hybridized carbons (Fsp3) is 0.214. The van der Waals surface area contributed by atoms with Crippen molar-refractivity contribution in [2.45, 2.75) is 6.04 Å². The lowest BCUT2D eigenvalue weighted by Gasteiger charge is -2.32. The Balaban J connectivity index is 3.04. The van der Waals surface area contributed by atoms with Crippen LogP contribution in [0.2, 0.25) is 0 Å². The summed E-state index contributed by atoms with van der Waals surface area (Å²) >= 11 is 0. The van der Waals surface area contributed by atoms with E-state index >= 15 is 0 Å². The van der Waals surface area contributed by atoms with Crippen LogP contribution < -0.4 is 0 Å². The lowest BCUT2D eigenvalue weighted by Crippen LogP contribution is -2.40. The highest BCUT2D eigenvalue weighted by Gasteiger charge is 2.28. The van der Waals surface area contributed by atoms with E-state index in [-0.39, 0.29) is 6.04 Å². The highest BCUT2D eigenvalue weighted by Crippen LogP contribution is 2.23. The zero-order chi connectivity index (χ0) is 12.8. The molecule has 0 amide bonds. The van der Waals surface area contributed by atoms with E-state index in [2.05, 4.69) is 19.7 Å². The van der Waals surface area contributed by atoms with Crippen molar-refractivity contribution in [2.75, 3.05) is 13.1 Å². The zero-order valence-corrected chi connectivity index (χ0v) is 9.80. The van der Waals surface area contributed by atoms with Gasteiger partial charge in [0.25, 0.3) is 0 Å². The summed E-state index contributed by atoms with van der Waals surface area (Å²) in [7, 11) is 0. The Morgan fingerprint density at radius 2 is 2.00 bits per heavy atom. The van der Waals surface area contributed by atoms with Gasteiger partial charge in [-0.25, -0.2) is 4.79 Å². The molecule has 0 aromatic carbocycles. The monoisotopic (exact) mass is 231 g/mol. The highest BCUT2D eigenvalue weighted by molar-refractivity contribution is 5.90. The molecule has 17 heavy (non-hydrogen) atoms. The summed E-state index contributed by atoms with van der Waals surface area (Å²) in [5.74, 6) is -0.918. The van der Waals surface area contributed by atoms with E-state index in [1.807, 2.05) is 11.0 Å². The number of allylic oxidation sites excluding steroid dienone is 2. The molecular formula is C14H17NO2. The molecule has 1 rings (SSSR count). The predicted molar refractivity (Wildman–Crippen MR) is 69.8 cm³/mol. The maximum Gasteiger partial charge on any atom is 0.333 e. The highest BCUT2D eigenvalue weighted by atomic mass is 16.4. The Kier molecular flexibility index (Phi) is 4.67. The van der Waals surface area contributed by atoms with Crippen molar-refractivity contribution in [2.24, 2.45) is 0 Å². The fourth-order valence-electron chi connectivity index (χ4n) is 1.89. The third-order valence-electron chi connectivity index (χ3n) is 2.57. The van der Waals surface area contributed by atoms with Crippen molar-refractivity contribution in [3.05, 3.63) is 61.3 Å². The summed E-state index contributed by atoms with van der Waals surface area (Å²) in [4.78, 5) is 13.2. The SMILES string of the molecule is C=CCN(CC=C)C1C(=C)C=CC=C1C(=O)O. The molecule has 0 fully saturated rings. The van der Waals surface area contributed by atoms with Gasteiger partial charge in [0.2, 0.25) is 0 Å². The number of rotatable bonds is 6. The normalized spacial score (nSPS) is 19.0. The van der Waals surface area contributed by atoms with Crippen molar-refractivity contribution in [1.82, 2.24) is 4.90 Å². The molecule has 1 aliphatic rings. The molecule has 0 bridgehead atoms. The second-order valence-electron chi connectivity index (χ2n) is 3.79. The van der Waals surface area contributed by atoms with Gasteiger partial charge < -0.3 is 5.11 Å². The molecular weight excluding hydrogens is 214 g/mol. The summed E-state index contributed by atoms with van der Waals surface area (Å²) < 4.78 is 0. The number of hydrogen-bond donors (Lipinski definition) is 1. The van der Waals surface area contributed by atoms with Crippen LogP contribution in [-0.2, 0) is 4.79 Å². The quantitative estimate of drug-likeness (QED) is 0.712. The molecule has 0 aromatic rings. The van der Waals surface area contributed by atoms with Crippen LogP contribution in [0.1, 0.15) is 0 Å². The molecule has 0 aliphatic heterocycles.